The van der Waals surface area contributed by atoms with Gasteiger partial charge in [-0.25, -0.2) is 39.4 Å². The molecule has 4 aromatic rings. The van der Waals surface area contributed by atoms with E-state index in [1.54, 1.807) is 48.7 Å². The second-order valence-corrected chi connectivity index (χ2v) is 46.5. The van der Waals surface area contributed by atoms with Crippen LogP contribution in [0.1, 0.15) is 233 Å². The van der Waals surface area contributed by atoms with Crippen molar-refractivity contribution >= 4 is 123 Å². The number of carboxylic acid groups (broad SMARTS) is 2. The minimum atomic E-state index is -6.43. The van der Waals surface area contributed by atoms with Crippen LogP contribution >= 0.6 is 0 Å². The molecule has 0 saturated heterocycles. The first-order chi connectivity index (χ1) is 63.3. The molecule has 0 saturated carbocycles. The van der Waals surface area contributed by atoms with E-state index in [1.807, 2.05) is 20.8 Å². The highest BCUT2D eigenvalue weighted by atomic mass is 32.3. The van der Waals surface area contributed by atoms with Gasteiger partial charge in [0.05, 0.1) is 33.2 Å². The van der Waals surface area contributed by atoms with E-state index in [0.717, 1.165) is 86.5 Å². The van der Waals surface area contributed by atoms with Gasteiger partial charge in [-0.3, -0.25) is 19.2 Å². The summed E-state index contributed by atoms with van der Waals surface area (Å²) in [6.45, 7) is 70.0. The second kappa shape index (κ2) is 59.4. The van der Waals surface area contributed by atoms with Gasteiger partial charge in [-0.1, -0.05) is 152 Å². The molecule has 5 rings (SSSR count). The summed E-state index contributed by atoms with van der Waals surface area (Å²) in [5, 5.41) is 21.5. The SMILES string of the molecule is C=C(C)C(=O)OCCNC(=O)OCCOC(=O)C(C)(C)CC.CC(C)CN(CC(C)C)c1ccc(N(c2ccc(N(CC(C)C)CC(C)C)cc2)c2ccc([N+](=C3C=CC(=[N+](CC(C)C)CC(C)C)C=C3)c3ccc(N(CC(C)C)CC(C)C)cc3)cc2)cc1.CC(S(=O)(=O)C(F)(F)F)S(=O)(=O)C(F)(F)F.CCC(C)(C)C(=O)NC(C)(C)CS(=O)(=O)[O-].CCC(C)(C)C(=O)O.COCCCC(=O)O. The first kappa shape index (κ1) is 129. The molecule has 0 fully saturated rings. The lowest BCUT2D eigenvalue weighted by molar-refractivity contribution is -0.538. The number of hydrogen-bond donors (Lipinski definition) is 4. The van der Waals surface area contributed by atoms with E-state index in [1.165, 1.54) is 43.5 Å². The molecule has 138 heavy (non-hydrogen) atoms. The van der Waals surface area contributed by atoms with Crippen molar-refractivity contribution < 1.29 is 119 Å². The lowest BCUT2D eigenvalue weighted by Gasteiger charge is -2.32. The minimum Gasteiger partial charge on any atom is -0.748 e. The molecule has 4 aromatic carbocycles. The Kier molecular flexibility index (Phi) is 55.3. The van der Waals surface area contributed by atoms with Gasteiger partial charge in [0.1, 0.15) is 32.9 Å². The highest BCUT2D eigenvalue weighted by molar-refractivity contribution is 8.09. The van der Waals surface area contributed by atoms with Gasteiger partial charge in [0.15, 0.2) is 10.3 Å². The number of esters is 2. The Hall–Kier alpha value is -9.39. The third-order valence-electron chi connectivity index (χ3n) is 21.1. The van der Waals surface area contributed by atoms with E-state index in [0.29, 0.717) is 85.2 Å². The highest BCUT2D eigenvalue weighted by Gasteiger charge is 2.61. The molecule has 36 heteroatoms. The number of nitrogens with zero attached hydrogens (tertiary/aromatic N) is 6. The number of halogens is 6. The molecule has 784 valence electrons. The van der Waals surface area contributed by atoms with Crippen LogP contribution in [0.5, 0.6) is 0 Å². The number of nitrogens with one attached hydrogen (secondary N) is 2. The summed E-state index contributed by atoms with van der Waals surface area (Å²) in [5.74, 6) is 1.47. The molecule has 0 atom stereocenters. The zero-order valence-electron chi connectivity index (χ0n) is 87.4. The molecule has 0 aliphatic heterocycles. The molecule has 4 N–H and O–H groups in total. The van der Waals surface area contributed by atoms with Crippen molar-refractivity contribution in [3.05, 3.63) is 134 Å². The number of amides is 2. The predicted molar refractivity (Wildman–Crippen MR) is 544 cm³/mol. The summed E-state index contributed by atoms with van der Waals surface area (Å²) >= 11 is 0. The molecule has 0 radical (unpaired) electrons. The van der Waals surface area contributed by atoms with Crippen LogP contribution in [-0.4, -0.2) is 211 Å². The molecule has 27 nitrogen and oxygen atoms in total. The fraction of sp³-hybridized carbons (Fsp3) is 0.627. The monoisotopic (exact) mass is 2010 g/mol. The van der Waals surface area contributed by atoms with Gasteiger partial charge < -0.3 is 63.9 Å². The van der Waals surface area contributed by atoms with Crippen LogP contribution in [0.4, 0.5) is 76.6 Å². The van der Waals surface area contributed by atoms with Gasteiger partial charge in [0, 0.05) is 170 Å². The topological polar surface area (TPSA) is 348 Å². The lowest BCUT2D eigenvalue weighted by atomic mass is 9.88. The van der Waals surface area contributed by atoms with Crippen LogP contribution in [0.2, 0.25) is 0 Å². The maximum Gasteiger partial charge on any atom is 0.498 e. The quantitative estimate of drug-likeness (QED) is 0.00466. The molecule has 0 heterocycles. The van der Waals surface area contributed by atoms with Gasteiger partial charge in [-0.05, 0) is 189 Å². The number of hydrogen-bond acceptors (Lipinski definition) is 21. The van der Waals surface area contributed by atoms with Crippen LogP contribution in [0, 0.1) is 63.6 Å². The molecule has 0 unspecified atom stereocenters. The van der Waals surface area contributed by atoms with Crippen molar-refractivity contribution in [2.45, 2.75) is 254 Å². The van der Waals surface area contributed by atoms with E-state index in [9.17, 15) is 84.9 Å². The summed E-state index contributed by atoms with van der Waals surface area (Å²) in [6.07, 6.45) is 11.4. The van der Waals surface area contributed by atoms with Gasteiger partial charge in [-0.2, -0.15) is 30.9 Å². The number of alkyl carbamates (subject to hydrolysis) is 1. The number of carbonyl (C=O) groups is 6. The highest BCUT2D eigenvalue weighted by Crippen LogP contribution is 2.40. The summed E-state index contributed by atoms with van der Waals surface area (Å²) in [7, 11) is -15.6. The Morgan fingerprint density at radius 3 is 1.07 bits per heavy atom. The van der Waals surface area contributed by atoms with Crippen molar-refractivity contribution in [3.63, 3.8) is 0 Å². The lowest BCUT2D eigenvalue weighted by Crippen LogP contribution is -2.52. The maximum atomic E-state index is 11.8. The van der Waals surface area contributed by atoms with E-state index >= 15 is 0 Å². The standard InChI is InChI=1S/C62H92N6.C15H25NO6.C10H21NO4S.C6H12O2.C5H10O3.C4H4F6O4S2/c1-45(2)37-63(38-46(3)4)53-17-25-57(26-18-53)67(58-27-19-54(20-28-58)64(39-47(5)6)40-48(7)8)61-33-35-62(36-34-61)68(59-29-21-55(22-30-59)65(41-49(9)10)42-50(11)12)60-31-23-56(24-32-60)66(43-51(13)14)44-52(15)16;1-6-15(4,5)13(18)21-9-10-22-14(19)16-7-8-20-12(17)11(2)3;1-6-9(2,3)8(12)11-10(4,5)7-16(13,14)15;1-4-6(2,3)5(7)8;1-8-4-2-3-5(6)7;1-2(15(11,12)3(5,6)7)16(13,14)4(8,9)10/h17-36,45-52H,37-44H2,1-16H3;2,6-10H2,1,3-5H3,(H,16,19);6-7H2,1-5H3,(H,11,12)(H,13,14,15);4H2,1-3H3,(H,7,8);2-4H2,1H3,(H,6,7);2H,1H3/q+2;;;;;/p-1. The molecule has 1 aliphatic rings. The number of carboxylic acids is 2. The molecular weight excluding hydrogens is 1850 g/mol. The van der Waals surface area contributed by atoms with E-state index in [2.05, 4.69) is 283 Å². The number of aliphatic carboxylic acids is 2. The number of ether oxygens (including phenoxy) is 4. The summed E-state index contributed by atoms with van der Waals surface area (Å²) in [6, 6.07) is 37.0. The van der Waals surface area contributed by atoms with Crippen LogP contribution in [0.15, 0.2) is 134 Å². The average Bonchev–Trinajstić information content (AvgIpc) is 0.762. The first-order valence-corrected chi connectivity index (χ1v) is 51.8. The van der Waals surface area contributed by atoms with Crippen LogP contribution in [-0.2, 0) is 72.7 Å². The summed E-state index contributed by atoms with van der Waals surface area (Å²) in [5.41, 5.74) is -2.59. The van der Waals surface area contributed by atoms with Crippen molar-refractivity contribution in [3.8, 4) is 0 Å². The third-order valence-corrected chi connectivity index (χ3v) is 26.7. The fourth-order valence-electron chi connectivity index (χ4n) is 12.8. The molecule has 2 amide bonds. The van der Waals surface area contributed by atoms with Crippen molar-refractivity contribution in [2.75, 3.05) is 118 Å². The van der Waals surface area contributed by atoms with Crippen LogP contribution in [0.25, 0.3) is 0 Å². The minimum absolute atomic E-state index is 0.000325. The summed E-state index contributed by atoms with van der Waals surface area (Å²) in [4.78, 5) is 75.9. The average molecular weight is 2020 g/mol. The Balaban J connectivity index is 0.00000214. The third kappa shape index (κ3) is 48.2. The van der Waals surface area contributed by atoms with Gasteiger partial charge in [0.2, 0.25) is 23.0 Å². The number of methoxy groups -OCH3 is 1. The zero-order valence-corrected chi connectivity index (χ0v) is 89.8. The van der Waals surface area contributed by atoms with Crippen molar-refractivity contribution in [1.29, 1.82) is 0 Å². The van der Waals surface area contributed by atoms with Gasteiger partial charge in [-0.15, -0.1) is 0 Å². The fourth-order valence-corrected chi connectivity index (χ4v) is 16.5. The summed E-state index contributed by atoms with van der Waals surface area (Å²) < 4.78 is 165. The molecule has 0 aromatic heterocycles. The van der Waals surface area contributed by atoms with Crippen LogP contribution in [0.3, 0.4) is 0 Å². The Bertz CT molecular complexity index is 4740. The Labute approximate surface area is 820 Å². The predicted octanol–water partition coefficient (Wildman–Crippen LogP) is 21.6. The van der Waals surface area contributed by atoms with E-state index < -0.39 is 96.9 Å². The Morgan fingerprint density at radius 2 is 0.783 bits per heavy atom. The van der Waals surface area contributed by atoms with E-state index in [-0.39, 0.29) is 51.6 Å². The zero-order chi connectivity index (χ0) is 107. The molecule has 0 spiro atoms. The smallest absolute Gasteiger partial charge is 0.498 e. The number of allylic oxidation sites excluding steroid dienone is 4. The number of rotatable bonds is 46. The number of alkyl halides is 6. The number of benzene rings is 4. The largest absolute Gasteiger partial charge is 0.748 e. The van der Waals surface area contributed by atoms with Gasteiger partial charge >= 0.3 is 41.0 Å². The van der Waals surface area contributed by atoms with Crippen molar-refractivity contribution in [2.24, 2.45) is 63.6 Å². The second-order valence-electron chi connectivity index (χ2n) is 40.2. The molecule has 0 bridgehead atoms. The molecule has 1 aliphatic carbocycles. The molecular formula is C102H163F6N8O19S3+. The van der Waals surface area contributed by atoms with E-state index in [4.69, 9.17) is 24.4 Å². The van der Waals surface area contributed by atoms with Gasteiger partial charge in [0.25, 0.3) is 19.7 Å². The maximum absolute atomic E-state index is 11.8. The van der Waals surface area contributed by atoms with Crippen molar-refractivity contribution in [1.82, 2.24) is 15.2 Å². The number of anilines is 6. The van der Waals surface area contributed by atoms with Crippen LogP contribution < -0.4 is 34.8 Å². The first-order valence-electron chi connectivity index (χ1n) is 47.1. The number of carbonyl (C=O) groups excluding carboxylic acids is 4. The number of sulfone groups is 2. The Morgan fingerprint density at radius 1 is 0.457 bits per heavy atom. The normalized spacial score (nSPS) is 12.6.